The van der Waals surface area contributed by atoms with Crippen molar-refractivity contribution in [1.82, 2.24) is 0 Å². The van der Waals surface area contributed by atoms with E-state index in [-0.39, 0.29) is 6.10 Å². The second-order valence-electron chi connectivity index (χ2n) is 8.84. The molecule has 1 unspecified atom stereocenters. The first-order chi connectivity index (χ1) is 15.8. The van der Waals surface area contributed by atoms with Crippen molar-refractivity contribution in [2.24, 2.45) is 5.92 Å². The van der Waals surface area contributed by atoms with E-state index in [1.807, 2.05) is 0 Å². The Balaban J connectivity index is 1.72. The molecule has 0 N–H and O–H groups in total. The highest BCUT2D eigenvalue weighted by Gasteiger charge is 2.39. The molecule has 0 aromatic heterocycles. The molecule has 0 radical (unpaired) electrons. The molecule has 1 saturated carbocycles. The molecular formula is C30H33IO. The molecule has 3 aromatic carbocycles. The van der Waals surface area contributed by atoms with Crippen molar-refractivity contribution < 1.29 is 4.74 Å². The van der Waals surface area contributed by atoms with Gasteiger partial charge < -0.3 is 4.74 Å². The predicted molar refractivity (Wildman–Crippen MR) is 143 cm³/mol. The van der Waals surface area contributed by atoms with Gasteiger partial charge in [-0.25, -0.2) is 0 Å². The molecule has 1 nitrogen and oxygen atoms in total. The Morgan fingerprint density at radius 2 is 1.25 bits per heavy atom. The lowest BCUT2D eigenvalue weighted by Crippen LogP contribution is -2.36. The molecule has 1 atom stereocenters. The fourth-order valence-electron chi connectivity index (χ4n) is 5.13. The molecule has 0 bridgehead atoms. The summed E-state index contributed by atoms with van der Waals surface area (Å²) >= 11 is 2.33. The minimum absolute atomic E-state index is 0.0499. The van der Waals surface area contributed by atoms with Gasteiger partial charge in [-0.1, -0.05) is 152 Å². The zero-order chi connectivity index (χ0) is 22.1. The molecule has 32 heavy (non-hydrogen) atoms. The molecule has 0 amide bonds. The average Bonchev–Trinajstić information content (AvgIpc) is 3.38. The number of benzene rings is 3. The first kappa shape index (κ1) is 23.3. The molecule has 166 valence electrons. The van der Waals surface area contributed by atoms with Crippen molar-refractivity contribution in [1.29, 1.82) is 0 Å². The van der Waals surface area contributed by atoms with Gasteiger partial charge in [0.15, 0.2) is 0 Å². The Kier molecular flexibility index (Phi) is 8.58. The van der Waals surface area contributed by atoms with Crippen LogP contribution in [-0.2, 0) is 10.3 Å². The molecule has 0 aliphatic heterocycles. The van der Waals surface area contributed by atoms with Gasteiger partial charge in [0.2, 0.25) is 0 Å². The van der Waals surface area contributed by atoms with Gasteiger partial charge in [-0.2, -0.15) is 0 Å². The lowest BCUT2D eigenvalue weighted by Gasteiger charge is -2.38. The maximum atomic E-state index is 7.21. The van der Waals surface area contributed by atoms with E-state index in [0.29, 0.717) is 0 Å². The smallest absolute Gasteiger partial charge is 0.144 e. The fraction of sp³-hybridized carbons (Fsp3) is 0.333. The van der Waals surface area contributed by atoms with Crippen molar-refractivity contribution in [3.8, 4) is 0 Å². The van der Waals surface area contributed by atoms with E-state index in [1.165, 1.54) is 55.2 Å². The van der Waals surface area contributed by atoms with E-state index in [4.69, 9.17) is 4.74 Å². The van der Waals surface area contributed by atoms with Gasteiger partial charge in [0, 0.05) is 0 Å². The summed E-state index contributed by atoms with van der Waals surface area (Å²) in [7, 11) is 0. The molecule has 1 aliphatic carbocycles. The van der Waals surface area contributed by atoms with E-state index in [9.17, 15) is 0 Å². The monoisotopic (exact) mass is 536 g/mol. The molecule has 0 heterocycles. The van der Waals surface area contributed by atoms with Crippen LogP contribution in [0.3, 0.4) is 0 Å². The van der Waals surface area contributed by atoms with Gasteiger partial charge >= 0.3 is 0 Å². The van der Waals surface area contributed by atoms with Crippen LogP contribution in [0.25, 0.3) is 0 Å². The summed E-state index contributed by atoms with van der Waals surface area (Å²) in [6, 6.07) is 32.1. The predicted octanol–water partition coefficient (Wildman–Crippen LogP) is 8.67. The molecule has 0 spiro atoms. The first-order valence-electron chi connectivity index (χ1n) is 11.9. The van der Waals surface area contributed by atoms with E-state index < -0.39 is 5.60 Å². The van der Waals surface area contributed by atoms with E-state index in [0.717, 1.165) is 12.3 Å². The molecule has 2 heteroatoms. The summed E-state index contributed by atoms with van der Waals surface area (Å²) in [6.45, 7) is 0. The number of rotatable bonds is 10. The zero-order valence-corrected chi connectivity index (χ0v) is 20.9. The van der Waals surface area contributed by atoms with Crippen LogP contribution in [0.5, 0.6) is 0 Å². The first-order valence-corrected chi connectivity index (χ1v) is 13.2. The van der Waals surface area contributed by atoms with Crippen molar-refractivity contribution >= 4 is 22.6 Å². The van der Waals surface area contributed by atoms with Gasteiger partial charge in [0.25, 0.3) is 0 Å². The van der Waals surface area contributed by atoms with Crippen LogP contribution in [0, 0.1) is 5.92 Å². The minimum atomic E-state index is -0.655. The van der Waals surface area contributed by atoms with Crippen molar-refractivity contribution in [2.45, 2.75) is 56.7 Å². The summed E-state index contributed by atoms with van der Waals surface area (Å²) < 4.78 is 9.32. The zero-order valence-electron chi connectivity index (χ0n) is 18.7. The largest absolute Gasteiger partial charge is 0.354 e. The SMILES string of the molecule is IC=CC(CCCC1CCCC1)OC(c1ccccc1)(c1ccccc1)c1ccccc1. The van der Waals surface area contributed by atoms with Crippen molar-refractivity contribution in [2.75, 3.05) is 0 Å². The van der Waals surface area contributed by atoms with E-state index in [2.05, 4.69) is 124 Å². The topological polar surface area (TPSA) is 9.23 Å². The molecule has 1 fully saturated rings. The molecular weight excluding hydrogens is 503 g/mol. The summed E-state index contributed by atoms with van der Waals surface area (Å²) in [5, 5.41) is 0. The van der Waals surface area contributed by atoms with Crippen LogP contribution in [0.2, 0.25) is 0 Å². The minimum Gasteiger partial charge on any atom is -0.354 e. The molecule has 0 saturated heterocycles. The highest BCUT2D eigenvalue weighted by Crippen LogP contribution is 2.42. The number of hydrogen-bond donors (Lipinski definition) is 0. The van der Waals surface area contributed by atoms with E-state index in [1.54, 1.807) is 0 Å². The van der Waals surface area contributed by atoms with Gasteiger partial charge in [-0.15, -0.1) is 0 Å². The quantitative estimate of drug-likeness (QED) is 0.186. The number of ether oxygens (including phenoxy) is 1. The van der Waals surface area contributed by atoms with E-state index >= 15 is 0 Å². The van der Waals surface area contributed by atoms with Gasteiger partial charge in [0.1, 0.15) is 5.60 Å². The van der Waals surface area contributed by atoms with Crippen LogP contribution >= 0.6 is 22.6 Å². The van der Waals surface area contributed by atoms with Crippen LogP contribution in [0.4, 0.5) is 0 Å². The van der Waals surface area contributed by atoms with Crippen LogP contribution in [0.15, 0.2) is 101 Å². The lowest BCUT2D eigenvalue weighted by molar-refractivity contribution is -0.0288. The normalized spacial score (nSPS) is 15.9. The highest BCUT2D eigenvalue weighted by atomic mass is 127. The lowest BCUT2D eigenvalue weighted by atomic mass is 9.79. The van der Waals surface area contributed by atoms with Crippen LogP contribution in [-0.4, -0.2) is 6.10 Å². The molecule has 1 aliphatic rings. The van der Waals surface area contributed by atoms with Crippen LogP contribution in [0.1, 0.15) is 61.6 Å². The summed E-state index contributed by atoms with van der Waals surface area (Å²) in [5.41, 5.74) is 2.85. The maximum absolute atomic E-state index is 7.21. The average molecular weight is 536 g/mol. The van der Waals surface area contributed by atoms with Crippen LogP contribution < -0.4 is 0 Å². The van der Waals surface area contributed by atoms with Crippen molar-refractivity contribution in [3.05, 3.63) is 118 Å². The summed E-state index contributed by atoms with van der Waals surface area (Å²) in [5.74, 6) is 0.918. The second-order valence-corrected chi connectivity index (χ2v) is 9.55. The third-order valence-corrected chi connectivity index (χ3v) is 7.15. The third kappa shape index (κ3) is 5.52. The fourth-order valence-corrected chi connectivity index (χ4v) is 5.60. The van der Waals surface area contributed by atoms with Gasteiger partial charge in [-0.05, 0) is 39.2 Å². The Morgan fingerprint density at radius 3 is 1.69 bits per heavy atom. The Morgan fingerprint density at radius 1 is 0.781 bits per heavy atom. The maximum Gasteiger partial charge on any atom is 0.144 e. The number of halogens is 1. The van der Waals surface area contributed by atoms with Gasteiger partial charge in [-0.3, -0.25) is 0 Å². The summed E-state index contributed by atoms with van der Waals surface area (Å²) in [6.07, 6.45) is 11.5. The van der Waals surface area contributed by atoms with Gasteiger partial charge in [0.05, 0.1) is 6.10 Å². The Bertz CT molecular complexity index is 849. The highest BCUT2D eigenvalue weighted by molar-refractivity contribution is 14.1. The third-order valence-electron chi connectivity index (χ3n) is 6.73. The standard InChI is InChI=1S/C30H33IO/c31-24-23-29(22-12-15-25-13-10-11-14-25)32-30(26-16-4-1-5-17-26,27-18-6-2-7-19-27)28-20-8-3-9-21-28/h1-9,16-21,23-25,29H,10-15,22H2. The van der Waals surface area contributed by atoms with Crippen molar-refractivity contribution in [3.63, 3.8) is 0 Å². The molecule has 3 aromatic rings. The number of hydrogen-bond acceptors (Lipinski definition) is 1. The molecule has 4 rings (SSSR count). The second kappa shape index (κ2) is 11.8. The Hall–Kier alpha value is -1.91. The summed E-state index contributed by atoms with van der Waals surface area (Å²) in [4.78, 5) is 0. The Labute approximate surface area is 207 Å².